The van der Waals surface area contributed by atoms with Crippen molar-refractivity contribution >= 4 is 17.9 Å². The summed E-state index contributed by atoms with van der Waals surface area (Å²) in [4.78, 5) is 23.5. The zero-order valence-electron chi connectivity index (χ0n) is 26.6. The first-order valence-corrected chi connectivity index (χ1v) is 14.9. The first-order valence-electron chi connectivity index (χ1n) is 14.9. The van der Waals surface area contributed by atoms with Crippen molar-refractivity contribution < 1.29 is 19.8 Å². The second-order valence-corrected chi connectivity index (χ2v) is 9.21. The SMILES string of the molecule is C=C(CC)CC.C=CCCN(CCC)C(=O)C(O)C(C)O.CC.N#Cc1ccccc1C1=CCC=C(CNC=O)C=C1. The number of carbonyl (C=O) groups excluding carboxylic acids is 2. The Bertz CT molecular complexity index is 1060. The van der Waals surface area contributed by atoms with E-state index in [1.165, 1.54) is 12.5 Å². The molecule has 0 saturated carbocycles. The number of benzene rings is 1. The van der Waals surface area contributed by atoms with Crippen LogP contribution in [0.1, 0.15) is 84.8 Å². The lowest BCUT2D eigenvalue weighted by Crippen LogP contribution is -2.44. The maximum absolute atomic E-state index is 11.7. The molecule has 3 N–H and O–H groups in total. The second kappa shape index (κ2) is 26.2. The molecular formula is C35H53N3O4. The molecule has 0 aromatic heterocycles. The third kappa shape index (κ3) is 17.2. The Labute approximate surface area is 254 Å². The molecule has 7 heteroatoms. The van der Waals surface area contributed by atoms with Gasteiger partial charge in [0, 0.05) is 19.6 Å². The van der Waals surface area contributed by atoms with Crippen LogP contribution in [-0.4, -0.2) is 59.3 Å². The molecule has 42 heavy (non-hydrogen) atoms. The van der Waals surface area contributed by atoms with E-state index in [1.807, 2.05) is 57.2 Å². The van der Waals surface area contributed by atoms with Crippen molar-refractivity contribution in [1.82, 2.24) is 10.2 Å². The van der Waals surface area contributed by atoms with E-state index in [0.717, 1.165) is 42.4 Å². The number of aliphatic hydroxyl groups is 2. The smallest absolute Gasteiger partial charge is 0.254 e. The van der Waals surface area contributed by atoms with Crippen LogP contribution in [0, 0.1) is 11.3 Å². The van der Waals surface area contributed by atoms with Crippen molar-refractivity contribution in [2.75, 3.05) is 19.6 Å². The number of nitriles is 1. The minimum atomic E-state index is -1.32. The fourth-order valence-electron chi connectivity index (χ4n) is 3.49. The number of hydrogen-bond donors (Lipinski definition) is 3. The van der Waals surface area contributed by atoms with Crippen molar-refractivity contribution in [3.05, 3.63) is 90.1 Å². The predicted molar refractivity (Wildman–Crippen MR) is 175 cm³/mol. The van der Waals surface area contributed by atoms with E-state index in [2.05, 4.69) is 50.5 Å². The number of carbonyl (C=O) groups is 2. The summed E-state index contributed by atoms with van der Waals surface area (Å²) in [5.74, 6) is -0.409. The largest absolute Gasteiger partial charge is 0.390 e. The zero-order chi connectivity index (χ0) is 32.3. The molecule has 0 aliphatic heterocycles. The molecule has 2 unspecified atom stereocenters. The molecule has 232 valence electrons. The Kier molecular flexibility index (Phi) is 25.2. The molecule has 7 nitrogen and oxygen atoms in total. The first kappa shape index (κ1) is 40.4. The number of hydrogen-bond acceptors (Lipinski definition) is 5. The van der Waals surface area contributed by atoms with Crippen molar-refractivity contribution in [1.29, 1.82) is 5.26 Å². The average Bonchev–Trinajstić information content (AvgIpc) is 3.28. The van der Waals surface area contributed by atoms with Crippen LogP contribution >= 0.6 is 0 Å². The van der Waals surface area contributed by atoms with E-state index in [-0.39, 0.29) is 0 Å². The minimum Gasteiger partial charge on any atom is -0.390 e. The number of nitrogens with one attached hydrogen (secondary N) is 1. The van der Waals surface area contributed by atoms with Crippen LogP contribution in [0.15, 0.2) is 78.9 Å². The van der Waals surface area contributed by atoms with Gasteiger partial charge in [-0.05, 0) is 61.8 Å². The highest BCUT2D eigenvalue weighted by molar-refractivity contribution is 5.81. The normalized spacial score (nSPS) is 12.7. The summed E-state index contributed by atoms with van der Waals surface area (Å²) in [6.45, 7) is 20.7. The maximum Gasteiger partial charge on any atom is 0.254 e. The lowest BCUT2D eigenvalue weighted by molar-refractivity contribution is -0.145. The summed E-state index contributed by atoms with van der Waals surface area (Å²) in [6.07, 6.45) is 12.8. The van der Waals surface area contributed by atoms with Gasteiger partial charge in [-0.15, -0.1) is 6.58 Å². The van der Waals surface area contributed by atoms with Gasteiger partial charge in [-0.2, -0.15) is 5.26 Å². The van der Waals surface area contributed by atoms with Crippen molar-refractivity contribution in [2.45, 2.75) is 85.9 Å². The van der Waals surface area contributed by atoms with Gasteiger partial charge in [0.05, 0.1) is 17.7 Å². The molecule has 0 radical (unpaired) electrons. The van der Waals surface area contributed by atoms with Gasteiger partial charge in [0.1, 0.15) is 0 Å². The van der Waals surface area contributed by atoms with E-state index in [4.69, 9.17) is 10.4 Å². The van der Waals surface area contributed by atoms with Crippen LogP contribution in [0.5, 0.6) is 0 Å². The molecule has 2 atom stereocenters. The van der Waals surface area contributed by atoms with Crippen molar-refractivity contribution in [2.24, 2.45) is 0 Å². The summed E-state index contributed by atoms with van der Waals surface area (Å²) in [5.41, 5.74) is 5.06. The van der Waals surface area contributed by atoms with Crippen LogP contribution < -0.4 is 5.32 Å². The van der Waals surface area contributed by atoms with Crippen LogP contribution in [0.25, 0.3) is 5.57 Å². The summed E-state index contributed by atoms with van der Waals surface area (Å²) < 4.78 is 0. The highest BCUT2D eigenvalue weighted by Gasteiger charge is 2.25. The summed E-state index contributed by atoms with van der Waals surface area (Å²) in [6, 6.07) is 9.76. The highest BCUT2D eigenvalue weighted by Crippen LogP contribution is 2.23. The van der Waals surface area contributed by atoms with Gasteiger partial charge in [-0.25, -0.2) is 0 Å². The van der Waals surface area contributed by atoms with Crippen LogP contribution in [-0.2, 0) is 9.59 Å². The molecule has 2 rings (SSSR count). The third-order valence-corrected chi connectivity index (χ3v) is 6.06. The molecule has 2 amide bonds. The molecule has 0 spiro atoms. The quantitative estimate of drug-likeness (QED) is 0.182. The second-order valence-electron chi connectivity index (χ2n) is 9.21. The lowest BCUT2D eigenvalue weighted by atomic mass is 9.99. The molecule has 1 aliphatic rings. The van der Waals surface area contributed by atoms with E-state index < -0.39 is 18.1 Å². The number of rotatable bonds is 13. The Morgan fingerprint density at radius 1 is 1.12 bits per heavy atom. The molecular weight excluding hydrogens is 526 g/mol. The first-order chi connectivity index (χ1) is 20.2. The standard InChI is InChI=1S/C16H14N2O.C11H21NO3.C6H12.C2H6/c17-10-15-5-1-2-7-16(15)14-6-3-4-13(8-9-14)11-18-12-19;1-4-6-8-12(7-5-2)11(15)10(14)9(3)13;1-4-6(3)5-2;1-2/h1-2,4-9,12H,3,11H2,(H,18,19);4,9-10,13-14H,1,5-8H2,2-3H3;3-5H2,1-2H3;1-2H3. The van der Waals surface area contributed by atoms with E-state index in [9.17, 15) is 14.7 Å². The topological polar surface area (TPSA) is 114 Å². The number of nitrogens with zero attached hydrogens (tertiary/aromatic N) is 2. The fourth-order valence-corrected chi connectivity index (χ4v) is 3.49. The lowest BCUT2D eigenvalue weighted by Gasteiger charge is -2.25. The van der Waals surface area contributed by atoms with E-state index in [1.54, 1.807) is 11.0 Å². The molecule has 0 heterocycles. The fraction of sp³-hybridized carbons (Fsp3) is 0.457. The monoisotopic (exact) mass is 579 g/mol. The van der Waals surface area contributed by atoms with Gasteiger partial charge in [0.15, 0.2) is 6.10 Å². The Hall–Kier alpha value is -3.73. The minimum absolute atomic E-state index is 0.409. The molecule has 1 aromatic carbocycles. The van der Waals surface area contributed by atoms with Crippen molar-refractivity contribution in [3.63, 3.8) is 0 Å². The summed E-state index contributed by atoms with van der Waals surface area (Å²) >= 11 is 0. The predicted octanol–water partition coefficient (Wildman–Crippen LogP) is 6.51. The van der Waals surface area contributed by atoms with Crippen LogP contribution in [0.3, 0.4) is 0 Å². The van der Waals surface area contributed by atoms with E-state index in [0.29, 0.717) is 38.0 Å². The summed E-state index contributed by atoms with van der Waals surface area (Å²) in [7, 11) is 0. The summed E-state index contributed by atoms with van der Waals surface area (Å²) in [5, 5.41) is 30.3. The van der Waals surface area contributed by atoms with Gasteiger partial charge in [0.2, 0.25) is 6.41 Å². The highest BCUT2D eigenvalue weighted by atomic mass is 16.3. The zero-order valence-corrected chi connectivity index (χ0v) is 26.6. The van der Waals surface area contributed by atoms with Crippen LogP contribution in [0.4, 0.5) is 0 Å². The Morgan fingerprint density at radius 3 is 2.26 bits per heavy atom. The Balaban J connectivity index is 0. The van der Waals surface area contributed by atoms with Gasteiger partial charge >= 0.3 is 0 Å². The molecule has 0 saturated heterocycles. The third-order valence-electron chi connectivity index (χ3n) is 6.06. The van der Waals surface area contributed by atoms with Gasteiger partial charge in [-0.3, -0.25) is 9.59 Å². The number of aliphatic hydroxyl groups excluding tert-OH is 2. The van der Waals surface area contributed by atoms with E-state index >= 15 is 0 Å². The number of allylic oxidation sites excluding steroid dienone is 5. The van der Waals surface area contributed by atoms with Gasteiger partial charge < -0.3 is 20.4 Å². The Morgan fingerprint density at radius 2 is 1.76 bits per heavy atom. The van der Waals surface area contributed by atoms with Crippen LogP contribution in [0.2, 0.25) is 0 Å². The van der Waals surface area contributed by atoms with Crippen molar-refractivity contribution in [3.8, 4) is 6.07 Å². The van der Waals surface area contributed by atoms with Gasteiger partial charge in [-0.1, -0.05) is 95.3 Å². The van der Waals surface area contributed by atoms with Gasteiger partial charge in [0.25, 0.3) is 5.91 Å². The number of amides is 2. The maximum atomic E-state index is 11.7. The molecule has 1 aromatic rings. The molecule has 0 fully saturated rings. The molecule has 0 bridgehead atoms. The molecule has 1 aliphatic carbocycles. The average molecular weight is 580 g/mol.